The second-order valence-corrected chi connectivity index (χ2v) is 7.30. The minimum atomic E-state index is -0.458. The number of thiazole rings is 1. The molecular weight excluding hydrogens is 365 g/mol. The van der Waals surface area contributed by atoms with Crippen LogP contribution in [0.5, 0.6) is 5.75 Å². The summed E-state index contributed by atoms with van der Waals surface area (Å²) in [6.07, 6.45) is 0.415. The maximum Gasteiger partial charge on any atom is 0.294 e. The number of hydrazone groups is 1. The fourth-order valence-electron chi connectivity index (χ4n) is 3.15. The zero-order chi connectivity index (χ0) is 19.0. The lowest BCUT2D eigenvalue weighted by atomic mass is 9.97. The van der Waals surface area contributed by atoms with Crippen molar-refractivity contribution in [2.24, 2.45) is 5.10 Å². The van der Waals surface area contributed by atoms with Crippen LogP contribution < -0.4 is 0 Å². The van der Waals surface area contributed by atoms with E-state index < -0.39 is 6.04 Å². The molecule has 2 heterocycles. The SMILES string of the molecule is Cc1scnc1C(=O)N1N=C(c2ccc(F)cc2)C[C@H]1c1ccccc1O. The van der Waals surface area contributed by atoms with Crippen molar-refractivity contribution < 1.29 is 14.3 Å². The number of aromatic hydroxyl groups is 1. The fraction of sp³-hybridized carbons (Fsp3) is 0.150. The van der Waals surface area contributed by atoms with E-state index in [4.69, 9.17) is 0 Å². The molecule has 0 fully saturated rings. The molecule has 1 aliphatic heterocycles. The van der Waals surface area contributed by atoms with E-state index in [0.29, 0.717) is 23.4 Å². The van der Waals surface area contributed by atoms with Gasteiger partial charge < -0.3 is 5.11 Å². The summed E-state index contributed by atoms with van der Waals surface area (Å²) >= 11 is 1.39. The van der Waals surface area contributed by atoms with Crippen molar-refractivity contribution in [2.45, 2.75) is 19.4 Å². The monoisotopic (exact) mass is 381 g/mol. The molecular formula is C20H16FN3O2S. The Morgan fingerprint density at radius 3 is 2.63 bits per heavy atom. The fourth-order valence-corrected chi connectivity index (χ4v) is 3.71. The second kappa shape index (κ2) is 6.92. The second-order valence-electron chi connectivity index (χ2n) is 6.24. The Bertz CT molecular complexity index is 1030. The van der Waals surface area contributed by atoms with Gasteiger partial charge in [-0.25, -0.2) is 14.4 Å². The molecule has 3 aromatic rings. The molecule has 0 spiro atoms. The molecule has 0 aliphatic carbocycles. The van der Waals surface area contributed by atoms with E-state index in [1.807, 2.05) is 13.0 Å². The van der Waals surface area contributed by atoms with E-state index in [0.717, 1.165) is 10.4 Å². The minimum Gasteiger partial charge on any atom is -0.508 e. The third kappa shape index (κ3) is 3.21. The van der Waals surface area contributed by atoms with Gasteiger partial charge >= 0.3 is 0 Å². The van der Waals surface area contributed by atoms with Crippen LogP contribution in [-0.2, 0) is 0 Å². The summed E-state index contributed by atoms with van der Waals surface area (Å²) < 4.78 is 13.3. The van der Waals surface area contributed by atoms with Crippen LogP contribution in [0.4, 0.5) is 4.39 Å². The summed E-state index contributed by atoms with van der Waals surface area (Å²) in [6.45, 7) is 1.83. The van der Waals surface area contributed by atoms with Gasteiger partial charge in [-0.15, -0.1) is 11.3 Å². The summed E-state index contributed by atoms with van der Waals surface area (Å²) in [5.74, 6) is -0.550. The van der Waals surface area contributed by atoms with Crippen molar-refractivity contribution in [1.82, 2.24) is 9.99 Å². The first-order valence-electron chi connectivity index (χ1n) is 8.39. The standard InChI is InChI=1S/C20H16FN3O2S/c1-12-19(22-11-27-12)20(26)24-17(15-4-2-3-5-18(15)25)10-16(23-24)13-6-8-14(21)9-7-13/h2-9,11,17,25H,10H2,1H3/t17-/m0/s1. The molecule has 7 heteroatoms. The van der Waals surface area contributed by atoms with E-state index in [-0.39, 0.29) is 17.5 Å². The number of carbonyl (C=O) groups excluding carboxylic acids is 1. The summed E-state index contributed by atoms with van der Waals surface area (Å²) in [4.78, 5) is 18.0. The van der Waals surface area contributed by atoms with E-state index in [1.54, 1.807) is 35.8 Å². The lowest BCUT2D eigenvalue weighted by molar-refractivity contribution is 0.0703. The molecule has 1 N–H and O–H groups in total. The van der Waals surface area contributed by atoms with Gasteiger partial charge in [0.05, 0.1) is 17.3 Å². The van der Waals surface area contributed by atoms with Crippen LogP contribution >= 0.6 is 11.3 Å². The third-order valence-electron chi connectivity index (χ3n) is 4.54. The summed E-state index contributed by atoms with van der Waals surface area (Å²) in [5, 5.41) is 16.2. The number of hydrogen-bond acceptors (Lipinski definition) is 5. The molecule has 0 radical (unpaired) electrons. The van der Waals surface area contributed by atoms with Crippen LogP contribution in [0.25, 0.3) is 0 Å². The average Bonchev–Trinajstić information content (AvgIpc) is 3.29. The smallest absolute Gasteiger partial charge is 0.294 e. The van der Waals surface area contributed by atoms with Gasteiger partial charge in [-0.1, -0.05) is 30.3 Å². The van der Waals surface area contributed by atoms with Gasteiger partial charge in [0.15, 0.2) is 0 Å². The molecule has 1 amide bonds. The summed E-state index contributed by atoms with van der Waals surface area (Å²) in [5.41, 5.74) is 3.98. The zero-order valence-electron chi connectivity index (χ0n) is 14.5. The Hall–Kier alpha value is -3.06. The molecule has 0 bridgehead atoms. The van der Waals surface area contributed by atoms with Gasteiger partial charge in [0.25, 0.3) is 5.91 Å². The number of phenolic OH excluding ortho intramolecular Hbond substituents is 1. The van der Waals surface area contributed by atoms with Crippen molar-refractivity contribution in [3.8, 4) is 5.75 Å². The first-order valence-corrected chi connectivity index (χ1v) is 9.27. The van der Waals surface area contributed by atoms with E-state index in [9.17, 15) is 14.3 Å². The predicted octanol–water partition coefficient (Wildman–Crippen LogP) is 4.29. The van der Waals surface area contributed by atoms with Crippen LogP contribution in [0, 0.1) is 12.7 Å². The first-order chi connectivity index (χ1) is 13.0. The molecule has 1 aromatic heterocycles. The van der Waals surface area contributed by atoms with Gasteiger partial charge in [0.1, 0.15) is 17.3 Å². The summed E-state index contributed by atoms with van der Waals surface area (Å²) in [7, 11) is 0. The van der Waals surface area contributed by atoms with Crippen molar-refractivity contribution in [1.29, 1.82) is 0 Å². The average molecular weight is 381 g/mol. The van der Waals surface area contributed by atoms with Crippen LogP contribution in [0.15, 0.2) is 59.1 Å². The molecule has 0 saturated carbocycles. The molecule has 1 aliphatic rings. The molecule has 0 saturated heterocycles. The number of hydrogen-bond donors (Lipinski definition) is 1. The molecule has 0 unspecified atom stereocenters. The number of carbonyl (C=O) groups is 1. The van der Waals surface area contributed by atoms with Gasteiger partial charge in [-0.3, -0.25) is 4.79 Å². The van der Waals surface area contributed by atoms with E-state index >= 15 is 0 Å². The van der Waals surface area contributed by atoms with Crippen LogP contribution in [-0.4, -0.2) is 26.7 Å². The number of para-hydroxylation sites is 1. The van der Waals surface area contributed by atoms with E-state index in [1.165, 1.54) is 28.5 Å². The highest BCUT2D eigenvalue weighted by atomic mass is 32.1. The number of amides is 1. The normalized spacial score (nSPS) is 16.4. The largest absolute Gasteiger partial charge is 0.508 e. The Balaban J connectivity index is 1.76. The number of halogens is 1. The van der Waals surface area contributed by atoms with Crippen molar-refractivity contribution in [3.05, 3.63) is 81.6 Å². The predicted molar refractivity (Wildman–Crippen MR) is 101 cm³/mol. The number of nitrogens with zero attached hydrogens (tertiary/aromatic N) is 3. The molecule has 136 valence electrons. The summed E-state index contributed by atoms with van der Waals surface area (Å²) in [6, 6.07) is 12.4. The van der Waals surface area contributed by atoms with Gasteiger partial charge in [-0.05, 0) is 30.7 Å². The number of aromatic nitrogens is 1. The lowest BCUT2D eigenvalue weighted by Crippen LogP contribution is -2.27. The van der Waals surface area contributed by atoms with Crippen LogP contribution in [0.1, 0.15) is 39.0 Å². The highest BCUT2D eigenvalue weighted by Gasteiger charge is 2.36. The maximum absolute atomic E-state index is 13.3. The van der Waals surface area contributed by atoms with Gasteiger partial charge in [0, 0.05) is 16.9 Å². The topological polar surface area (TPSA) is 65.8 Å². The molecule has 27 heavy (non-hydrogen) atoms. The van der Waals surface area contributed by atoms with E-state index in [2.05, 4.69) is 10.1 Å². The molecule has 5 nitrogen and oxygen atoms in total. The third-order valence-corrected chi connectivity index (χ3v) is 5.30. The molecule has 2 aromatic carbocycles. The highest BCUT2D eigenvalue weighted by molar-refractivity contribution is 7.09. The van der Waals surface area contributed by atoms with Crippen molar-refractivity contribution >= 4 is 23.0 Å². The van der Waals surface area contributed by atoms with Crippen molar-refractivity contribution in [3.63, 3.8) is 0 Å². The lowest BCUT2D eigenvalue weighted by Gasteiger charge is -2.22. The Kier molecular flexibility index (Phi) is 4.45. The van der Waals surface area contributed by atoms with Gasteiger partial charge in [0.2, 0.25) is 0 Å². The molecule has 4 rings (SSSR count). The van der Waals surface area contributed by atoms with Crippen molar-refractivity contribution in [2.75, 3.05) is 0 Å². The van der Waals surface area contributed by atoms with Crippen LogP contribution in [0.3, 0.4) is 0 Å². The number of aryl methyl sites for hydroxylation is 1. The highest BCUT2D eigenvalue weighted by Crippen LogP contribution is 2.38. The van der Waals surface area contributed by atoms with Gasteiger partial charge in [-0.2, -0.15) is 5.10 Å². The Morgan fingerprint density at radius 1 is 1.22 bits per heavy atom. The Labute approximate surface area is 159 Å². The minimum absolute atomic E-state index is 0.103. The Morgan fingerprint density at radius 2 is 1.96 bits per heavy atom. The molecule has 1 atom stereocenters. The number of rotatable bonds is 3. The maximum atomic E-state index is 13.3. The number of phenols is 1. The zero-order valence-corrected chi connectivity index (χ0v) is 15.3. The van der Waals surface area contributed by atoms with Crippen LogP contribution in [0.2, 0.25) is 0 Å². The number of benzene rings is 2. The first kappa shape index (κ1) is 17.4. The quantitative estimate of drug-likeness (QED) is 0.736.